The van der Waals surface area contributed by atoms with Crippen LogP contribution in [0, 0.1) is 0 Å². The number of amides is 1. The lowest BCUT2D eigenvalue weighted by Crippen LogP contribution is -2.26. The standard InChI is InChI=1S/C30H34N2O5/c1-30(2,3)23-9-15-26(16-10-23)37-25-13-7-22(8-14-25)29(21-5-11-24(36-4)12-6-21)32-20-19-31-27(33)17-18-28(34)35/h5-16H,17-20H2,1-4H3,(H,31,33)(H,34,35)/b32-29-. The highest BCUT2D eigenvalue weighted by Gasteiger charge is 2.13. The number of aliphatic carboxylic acids is 1. The number of ether oxygens (including phenoxy) is 2. The van der Waals surface area contributed by atoms with Gasteiger partial charge in [-0.1, -0.05) is 32.9 Å². The van der Waals surface area contributed by atoms with Crippen LogP contribution < -0.4 is 14.8 Å². The van der Waals surface area contributed by atoms with E-state index >= 15 is 0 Å². The van der Waals surface area contributed by atoms with Crippen LogP contribution in [-0.2, 0) is 15.0 Å². The molecule has 37 heavy (non-hydrogen) atoms. The van der Waals surface area contributed by atoms with E-state index in [1.807, 2.05) is 60.7 Å². The molecule has 7 nitrogen and oxygen atoms in total. The van der Waals surface area contributed by atoms with Crippen LogP contribution >= 0.6 is 0 Å². The molecule has 0 bridgehead atoms. The number of rotatable bonds is 11. The minimum Gasteiger partial charge on any atom is -0.497 e. The first-order chi connectivity index (χ1) is 17.7. The van der Waals surface area contributed by atoms with Gasteiger partial charge < -0.3 is 19.9 Å². The van der Waals surface area contributed by atoms with Crippen molar-refractivity contribution in [3.05, 3.63) is 89.5 Å². The largest absolute Gasteiger partial charge is 0.497 e. The molecule has 0 radical (unpaired) electrons. The van der Waals surface area contributed by atoms with Crippen LogP contribution in [0.3, 0.4) is 0 Å². The summed E-state index contributed by atoms with van der Waals surface area (Å²) in [5.74, 6) is 0.926. The van der Waals surface area contributed by atoms with Crippen LogP contribution in [0.4, 0.5) is 0 Å². The molecule has 0 unspecified atom stereocenters. The first kappa shape index (κ1) is 27.5. The maximum Gasteiger partial charge on any atom is 0.303 e. The van der Waals surface area contributed by atoms with Gasteiger partial charge in [0.2, 0.25) is 5.91 Å². The van der Waals surface area contributed by atoms with Gasteiger partial charge in [-0.3, -0.25) is 14.6 Å². The molecule has 1 amide bonds. The highest BCUT2D eigenvalue weighted by Crippen LogP contribution is 2.27. The third kappa shape index (κ3) is 8.49. The molecule has 0 aliphatic rings. The van der Waals surface area contributed by atoms with Gasteiger partial charge in [0.05, 0.1) is 25.8 Å². The molecule has 0 aliphatic heterocycles. The van der Waals surface area contributed by atoms with Crippen molar-refractivity contribution in [2.24, 2.45) is 4.99 Å². The lowest BCUT2D eigenvalue weighted by atomic mass is 9.87. The maximum atomic E-state index is 11.8. The van der Waals surface area contributed by atoms with Crippen LogP contribution in [0.5, 0.6) is 17.2 Å². The molecule has 0 saturated heterocycles. The first-order valence-corrected chi connectivity index (χ1v) is 12.2. The number of carbonyl (C=O) groups excluding carboxylic acids is 1. The second-order valence-corrected chi connectivity index (χ2v) is 9.60. The number of carboxylic acids is 1. The Balaban J connectivity index is 1.73. The third-order valence-corrected chi connectivity index (χ3v) is 5.72. The van der Waals surface area contributed by atoms with Crippen LogP contribution in [0.15, 0.2) is 77.8 Å². The van der Waals surface area contributed by atoms with Crippen molar-refractivity contribution in [1.29, 1.82) is 0 Å². The number of hydrogen-bond acceptors (Lipinski definition) is 5. The molecule has 0 atom stereocenters. The zero-order chi connectivity index (χ0) is 26.8. The first-order valence-electron chi connectivity index (χ1n) is 12.2. The van der Waals surface area contributed by atoms with Crippen molar-refractivity contribution >= 4 is 17.6 Å². The van der Waals surface area contributed by atoms with Gasteiger partial charge in [-0.05, 0) is 71.6 Å². The summed E-state index contributed by atoms with van der Waals surface area (Å²) in [6.07, 6.45) is -0.244. The van der Waals surface area contributed by atoms with Gasteiger partial charge in [-0.2, -0.15) is 0 Å². The molecule has 0 heterocycles. The summed E-state index contributed by atoms with van der Waals surface area (Å²) >= 11 is 0. The predicted molar refractivity (Wildman–Crippen MR) is 145 cm³/mol. The van der Waals surface area contributed by atoms with Gasteiger partial charge in [0.25, 0.3) is 0 Å². The molecule has 7 heteroatoms. The Hall–Kier alpha value is -4.13. The molecule has 194 valence electrons. The summed E-state index contributed by atoms with van der Waals surface area (Å²) in [5, 5.41) is 11.4. The van der Waals surface area contributed by atoms with E-state index in [-0.39, 0.29) is 24.2 Å². The van der Waals surface area contributed by atoms with E-state index in [2.05, 4.69) is 38.2 Å². The fourth-order valence-electron chi connectivity index (χ4n) is 3.61. The molecular formula is C30H34N2O5. The molecule has 0 aromatic heterocycles. The smallest absolute Gasteiger partial charge is 0.303 e. The Kier molecular flexibility index (Phi) is 9.44. The van der Waals surface area contributed by atoms with Gasteiger partial charge in [0, 0.05) is 24.1 Å². The van der Waals surface area contributed by atoms with E-state index in [1.165, 1.54) is 5.56 Å². The topological polar surface area (TPSA) is 97.2 Å². The fourth-order valence-corrected chi connectivity index (χ4v) is 3.61. The summed E-state index contributed by atoms with van der Waals surface area (Å²) in [6, 6.07) is 23.4. The summed E-state index contributed by atoms with van der Waals surface area (Å²) in [7, 11) is 1.62. The number of methoxy groups -OCH3 is 1. The summed E-state index contributed by atoms with van der Waals surface area (Å²) in [6.45, 7) is 7.19. The minimum absolute atomic E-state index is 0.0508. The van der Waals surface area contributed by atoms with Crippen LogP contribution in [-0.4, -0.2) is 42.9 Å². The quantitative estimate of drug-likeness (QED) is 0.263. The Bertz CT molecular complexity index is 1210. The average molecular weight is 503 g/mol. The maximum absolute atomic E-state index is 11.8. The number of nitrogens with one attached hydrogen (secondary N) is 1. The van der Waals surface area contributed by atoms with Crippen LogP contribution in [0.25, 0.3) is 0 Å². The predicted octanol–water partition coefficient (Wildman–Crippen LogP) is 5.60. The highest BCUT2D eigenvalue weighted by atomic mass is 16.5. The highest BCUT2D eigenvalue weighted by molar-refractivity contribution is 6.13. The average Bonchev–Trinajstić information content (AvgIpc) is 2.88. The van der Waals surface area contributed by atoms with E-state index in [9.17, 15) is 9.59 Å². The molecule has 3 rings (SSSR count). The number of benzene rings is 3. The second-order valence-electron chi connectivity index (χ2n) is 9.60. The fraction of sp³-hybridized carbons (Fsp3) is 0.300. The van der Waals surface area contributed by atoms with E-state index in [4.69, 9.17) is 19.6 Å². The molecule has 0 aliphatic carbocycles. The Morgan fingerprint density at radius 2 is 1.32 bits per heavy atom. The van der Waals surface area contributed by atoms with Crippen LogP contribution in [0.2, 0.25) is 0 Å². The Morgan fingerprint density at radius 1 is 0.811 bits per heavy atom. The Morgan fingerprint density at radius 3 is 1.81 bits per heavy atom. The van der Waals surface area contributed by atoms with Crippen molar-refractivity contribution in [1.82, 2.24) is 5.32 Å². The van der Waals surface area contributed by atoms with Gasteiger partial charge in [0.15, 0.2) is 0 Å². The summed E-state index contributed by atoms with van der Waals surface area (Å²) in [5.41, 5.74) is 3.90. The molecule has 2 N–H and O–H groups in total. The van der Waals surface area contributed by atoms with Gasteiger partial charge in [0.1, 0.15) is 17.2 Å². The normalized spacial score (nSPS) is 11.6. The molecule has 0 spiro atoms. The van der Waals surface area contributed by atoms with Crippen molar-refractivity contribution in [3.63, 3.8) is 0 Å². The van der Waals surface area contributed by atoms with Gasteiger partial charge in [-0.15, -0.1) is 0 Å². The Labute approximate surface area is 218 Å². The molecular weight excluding hydrogens is 468 g/mol. The summed E-state index contributed by atoms with van der Waals surface area (Å²) < 4.78 is 11.3. The number of hydrogen-bond donors (Lipinski definition) is 2. The van der Waals surface area contributed by atoms with E-state index < -0.39 is 5.97 Å². The van der Waals surface area contributed by atoms with E-state index in [1.54, 1.807) is 7.11 Å². The van der Waals surface area contributed by atoms with Gasteiger partial charge >= 0.3 is 5.97 Å². The van der Waals surface area contributed by atoms with Gasteiger partial charge in [-0.25, -0.2) is 0 Å². The minimum atomic E-state index is -0.996. The zero-order valence-electron chi connectivity index (χ0n) is 21.8. The van der Waals surface area contributed by atoms with Crippen LogP contribution in [0.1, 0.15) is 50.3 Å². The van der Waals surface area contributed by atoms with E-state index in [0.29, 0.717) is 18.8 Å². The monoisotopic (exact) mass is 502 g/mol. The number of carboxylic acid groups (broad SMARTS) is 1. The number of nitrogens with zero attached hydrogens (tertiary/aromatic N) is 1. The van der Waals surface area contributed by atoms with Crippen molar-refractivity contribution < 1.29 is 24.2 Å². The van der Waals surface area contributed by atoms with Crippen molar-refractivity contribution in [2.45, 2.75) is 39.0 Å². The second kappa shape index (κ2) is 12.7. The summed E-state index contributed by atoms with van der Waals surface area (Å²) in [4.78, 5) is 27.2. The molecule has 0 fully saturated rings. The third-order valence-electron chi connectivity index (χ3n) is 5.72. The number of aliphatic imine (C=N–C) groups is 1. The van der Waals surface area contributed by atoms with Crippen molar-refractivity contribution in [2.75, 3.05) is 20.2 Å². The molecule has 0 saturated carbocycles. The molecule has 3 aromatic carbocycles. The number of carbonyl (C=O) groups is 2. The van der Waals surface area contributed by atoms with Crippen molar-refractivity contribution in [3.8, 4) is 17.2 Å². The SMILES string of the molecule is COc1ccc(/C(=N/CCNC(=O)CCC(=O)O)c2ccc(Oc3ccc(C(C)(C)C)cc3)cc2)cc1. The lowest BCUT2D eigenvalue weighted by molar-refractivity contribution is -0.138. The zero-order valence-corrected chi connectivity index (χ0v) is 21.8. The van der Waals surface area contributed by atoms with E-state index in [0.717, 1.165) is 28.3 Å². The molecule has 3 aromatic rings. The lowest BCUT2D eigenvalue weighted by Gasteiger charge is -2.19.